The van der Waals surface area contributed by atoms with Gasteiger partial charge in [0.25, 0.3) is 0 Å². The molecule has 182 valence electrons. The first-order valence-electron chi connectivity index (χ1n) is 11.7. The van der Waals surface area contributed by atoms with E-state index in [2.05, 4.69) is 19.1 Å². The van der Waals surface area contributed by atoms with Crippen LogP contribution in [0.2, 0.25) is 0 Å². The Morgan fingerprint density at radius 3 is 2.20 bits per heavy atom. The number of ether oxygens (including phenoxy) is 1. The molecule has 0 amide bonds. The number of nitrogens with two attached hydrogens (primary N) is 1. The Labute approximate surface area is 193 Å². The number of hydrogen-bond donors (Lipinski definition) is 2. The Morgan fingerprint density at radius 2 is 1.57 bits per heavy atom. The highest BCUT2D eigenvalue weighted by atomic mass is 35.5. The Kier molecular flexibility index (Phi) is 32.2. The number of nitrogens with zero attached hydrogens (tertiary/aromatic N) is 1. The maximum Gasteiger partial charge on any atom is 0.305 e. The molecule has 30 heavy (non-hydrogen) atoms. The zero-order valence-electron chi connectivity index (χ0n) is 20.2. The summed E-state index contributed by atoms with van der Waals surface area (Å²) in [5.74, 6) is -0.0929. The molecule has 0 unspecified atom stereocenters. The number of hydrogen-bond acceptors (Lipinski definition) is 5. The Bertz CT molecular complexity index is 364. The average molecular weight is 451 g/mol. The molecule has 0 bridgehead atoms. The first-order valence-corrected chi connectivity index (χ1v) is 11.7. The van der Waals surface area contributed by atoms with Crippen LogP contribution in [0.5, 0.6) is 0 Å². The minimum absolute atomic E-state index is 0. The molecule has 0 heterocycles. The normalized spacial score (nSPS) is 11.7. The van der Waals surface area contributed by atoms with Crippen molar-refractivity contribution in [1.29, 1.82) is 0 Å². The lowest BCUT2D eigenvalue weighted by Gasteiger charge is -2.07. The summed E-state index contributed by atoms with van der Waals surface area (Å²) in [6.07, 6.45) is 18.7. The summed E-state index contributed by atoms with van der Waals surface area (Å²) < 4.78 is 5.06. The molecule has 5 nitrogen and oxygen atoms in total. The third kappa shape index (κ3) is 34.9. The van der Waals surface area contributed by atoms with Crippen LogP contribution in [0.4, 0.5) is 0 Å². The highest BCUT2D eigenvalue weighted by Gasteiger charge is 2.02. The average Bonchev–Trinajstić information content (AvgIpc) is 2.66. The zero-order valence-corrected chi connectivity index (χ0v) is 21.1. The molecule has 6 heteroatoms. The summed E-state index contributed by atoms with van der Waals surface area (Å²) in [4.78, 5) is 13.4. The van der Waals surface area contributed by atoms with Gasteiger partial charge in [-0.3, -0.25) is 4.79 Å². The van der Waals surface area contributed by atoms with E-state index in [1.54, 1.807) is 0 Å². The van der Waals surface area contributed by atoms with Crippen LogP contribution in [0.1, 0.15) is 96.8 Å². The van der Waals surface area contributed by atoms with E-state index in [0.717, 1.165) is 44.9 Å². The molecule has 0 aliphatic rings. The molecule has 0 aliphatic heterocycles. The molecule has 0 spiro atoms. The van der Waals surface area contributed by atoms with Crippen molar-refractivity contribution < 1.29 is 14.6 Å². The molecular weight excluding hydrogens is 400 g/mol. The number of allylic oxidation sites excluding steroid dienone is 1. The van der Waals surface area contributed by atoms with Crippen molar-refractivity contribution in [3.63, 3.8) is 0 Å². The first kappa shape index (κ1) is 34.0. The van der Waals surface area contributed by atoms with E-state index in [1.807, 2.05) is 26.0 Å². The van der Waals surface area contributed by atoms with Gasteiger partial charge in [-0.05, 0) is 66.2 Å². The number of aliphatic hydroxyl groups is 1. The van der Waals surface area contributed by atoms with Crippen LogP contribution >= 0.6 is 12.4 Å². The van der Waals surface area contributed by atoms with Gasteiger partial charge in [0, 0.05) is 6.42 Å². The number of unbranched alkanes of at least 4 members (excludes halogenated alkanes) is 8. The molecule has 0 fully saturated rings. The summed E-state index contributed by atoms with van der Waals surface area (Å²) in [5, 5.41) is 9.87. The van der Waals surface area contributed by atoms with Crippen LogP contribution in [0.3, 0.4) is 0 Å². The molecule has 1 atom stereocenters. The summed E-state index contributed by atoms with van der Waals surface area (Å²) in [5.41, 5.74) is 5.35. The molecule has 0 saturated heterocycles. The molecule has 0 aliphatic carbocycles. The van der Waals surface area contributed by atoms with E-state index in [9.17, 15) is 9.90 Å². The largest absolute Gasteiger partial charge is 0.466 e. The first-order chi connectivity index (χ1) is 13.9. The summed E-state index contributed by atoms with van der Waals surface area (Å²) in [6, 6.07) is 0. The van der Waals surface area contributed by atoms with Crippen LogP contribution in [0.25, 0.3) is 0 Å². The van der Waals surface area contributed by atoms with E-state index in [0.29, 0.717) is 19.6 Å². The Hall–Kier alpha value is -0.620. The highest BCUT2D eigenvalue weighted by Crippen LogP contribution is 2.10. The predicted octanol–water partition coefficient (Wildman–Crippen LogP) is 5.49. The van der Waals surface area contributed by atoms with Crippen LogP contribution in [0.15, 0.2) is 12.2 Å². The Balaban J connectivity index is -0.00000133. The van der Waals surface area contributed by atoms with Crippen molar-refractivity contribution in [1.82, 2.24) is 4.90 Å². The summed E-state index contributed by atoms with van der Waals surface area (Å²) >= 11 is 0. The van der Waals surface area contributed by atoms with Crippen LogP contribution in [-0.4, -0.2) is 56.4 Å². The lowest BCUT2D eigenvalue weighted by Crippen LogP contribution is -2.09. The van der Waals surface area contributed by atoms with Crippen molar-refractivity contribution in [3.05, 3.63) is 12.2 Å². The molecule has 0 aromatic carbocycles. The lowest BCUT2D eigenvalue weighted by molar-refractivity contribution is -0.143. The van der Waals surface area contributed by atoms with Crippen LogP contribution in [0, 0.1) is 0 Å². The maximum atomic E-state index is 11.4. The maximum absolute atomic E-state index is 11.4. The van der Waals surface area contributed by atoms with Gasteiger partial charge >= 0.3 is 5.97 Å². The van der Waals surface area contributed by atoms with Gasteiger partial charge < -0.3 is 20.5 Å². The smallest absolute Gasteiger partial charge is 0.305 e. The number of carbonyl (C=O) groups excluding carboxylic acids is 1. The van der Waals surface area contributed by atoms with Crippen molar-refractivity contribution in [2.45, 2.75) is 103 Å². The van der Waals surface area contributed by atoms with Crippen molar-refractivity contribution in [2.24, 2.45) is 5.73 Å². The second-order valence-electron chi connectivity index (χ2n) is 8.22. The molecular formula is C24H51ClN2O3. The van der Waals surface area contributed by atoms with E-state index in [-0.39, 0.29) is 24.5 Å². The quantitative estimate of drug-likeness (QED) is 0.164. The summed E-state index contributed by atoms with van der Waals surface area (Å²) in [7, 11) is 6.00. The zero-order chi connectivity index (χ0) is 22.2. The molecule has 0 aromatic rings. The van der Waals surface area contributed by atoms with E-state index < -0.39 is 0 Å². The SMILES string of the molecule is CCCCCC[C@@H](O)C/C=C\CCCCCCCC(=O)OCCCN.CN(C)C.Cl. The standard InChI is InChI=1S/C21H41NO3.C3H9N.ClH/c1-2-3-4-11-15-20(23)16-12-9-7-5-6-8-10-13-17-21(24)25-19-14-18-22;1-4(2)3;/h9,12,20,23H,2-8,10-11,13-19,22H2,1H3;1-3H3;1H/b12-9-;;/t20-;;/m1../s1. The van der Waals surface area contributed by atoms with Crippen molar-refractivity contribution in [2.75, 3.05) is 34.3 Å². The van der Waals surface area contributed by atoms with Crippen molar-refractivity contribution >= 4 is 18.4 Å². The van der Waals surface area contributed by atoms with E-state index >= 15 is 0 Å². The van der Waals surface area contributed by atoms with Gasteiger partial charge in [-0.25, -0.2) is 0 Å². The fourth-order valence-corrected chi connectivity index (χ4v) is 2.70. The topological polar surface area (TPSA) is 75.8 Å². The van der Waals surface area contributed by atoms with Gasteiger partial charge in [0.15, 0.2) is 0 Å². The van der Waals surface area contributed by atoms with Gasteiger partial charge in [0.1, 0.15) is 0 Å². The third-order valence-electron chi connectivity index (χ3n) is 4.33. The minimum atomic E-state index is -0.169. The number of halogens is 1. The monoisotopic (exact) mass is 450 g/mol. The fraction of sp³-hybridized carbons (Fsp3) is 0.875. The van der Waals surface area contributed by atoms with Gasteiger partial charge in [0.05, 0.1) is 12.7 Å². The second kappa shape index (κ2) is 28.4. The predicted molar refractivity (Wildman–Crippen MR) is 132 cm³/mol. The van der Waals surface area contributed by atoms with Gasteiger partial charge in [-0.15, -0.1) is 12.4 Å². The van der Waals surface area contributed by atoms with Crippen LogP contribution < -0.4 is 5.73 Å². The van der Waals surface area contributed by atoms with Gasteiger partial charge in [-0.1, -0.05) is 64.0 Å². The highest BCUT2D eigenvalue weighted by molar-refractivity contribution is 5.85. The third-order valence-corrected chi connectivity index (χ3v) is 4.33. The molecule has 0 radical (unpaired) electrons. The van der Waals surface area contributed by atoms with Crippen molar-refractivity contribution in [3.8, 4) is 0 Å². The van der Waals surface area contributed by atoms with Gasteiger partial charge in [-0.2, -0.15) is 0 Å². The molecule has 0 aromatic heterocycles. The van der Waals surface area contributed by atoms with E-state index in [1.165, 1.54) is 38.5 Å². The Morgan fingerprint density at radius 1 is 0.967 bits per heavy atom. The number of rotatable bonds is 18. The van der Waals surface area contributed by atoms with E-state index in [4.69, 9.17) is 10.5 Å². The molecule has 3 N–H and O–H groups in total. The number of aliphatic hydroxyl groups excluding tert-OH is 1. The number of esters is 1. The van der Waals surface area contributed by atoms with Gasteiger partial charge in [0.2, 0.25) is 0 Å². The minimum Gasteiger partial charge on any atom is -0.466 e. The summed E-state index contributed by atoms with van der Waals surface area (Å²) in [6.45, 7) is 3.23. The lowest BCUT2D eigenvalue weighted by atomic mass is 10.1. The molecule has 0 saturated carbocycles. The van der Waals surface area contributed by atoms with Crippen LogP contribution in [-0.2, 0) is 9.53 Å². The number of carbonyl (C=O) groups is 1. The fourth-order valence-electron chi connectivity index (χ4n) is 2.70. The second-order valence-corrected chi connectivity index (χ2v) is 8.22. The molecule has 0 rings (SSSR count).